The molecule has 3 N–H and O–H groups in total. The minimum Gasteiger partial charge on any atom is -0.397 e. The largest absolute Gasteiger partial charge is 0.397 e. The standard InChI is InChI=1S/C14H20Cl2N2OS/c1-2-3-4-6-20-7-5-13(19)18-14-11(16)8-10(15)9-12(14)17/h8-9H,2-7,17H2,1H3,(H,18,19). The molecule has 0 saturated carbocycles. The van der Waals surface area contributed by atoms with Crippen molar-refractivity contribution in [2.24, 2.45) is 0 Å². The average Bonchev–Trinajstić information content (AvgIpc) is 2.38. The van der Waals surface area contributed by atoms with Crippen LogP contribution in [0.15, 0.2) is 12.1 Å². The number of benzene rings is 1. The highest BCUT2D eigenvalue weighted by molar-refractivity contribution is 7.99. The van der Waals surface area contributed by atoms with Crippen LogP contribution in [0, 0.1) is 0 Å². The molecule has 0 saturated heterocycles. The van der Waals surface area contributed by atoms with Gasteiger partial charge in [0.15, 0.2) is 0 Å². The fourth-order valence-corrected chi connectivity index (χ4v) is 3.15. The Balaban J connectivity index is 2.36. The van der Waals surface area contributed by atoms with Crippen LogP contribution in [0.2, 0.25) is 10.0 Å². The molecule has 0 aliphatic rings. The van der Waals surface area contributed by atoms with Gasteiger partial charge in [0.25, 0.3) is 0 Å². The number of amides is 1. The fraction of sp³-hybridized carbons (Fsp3) is 0.500. The number of nitrogens with two attached hydrogens (primary N) is 1. The number of thioether (sulfide) groups is 1. The van der Waals surface area contributed by atoms with E-state index in [2.05, 4.69) is 12.2 Å². The molecule has 0 aromatic heterocycles. The molecule has 0 heterocycles. The van der Waals surface area contributed by atoms with E-state index in [9.17, 15) is 4.79 Å². The Morgan fingerprint density at radius 3 is 2.70 bits per heavy atom. The third kappa shape index (κ3) is 6.25. The van der Waals surface area contributed by atoms with Gasteiger partial charge in [-0.3, -0.25) is 4.79 Å². The van der Waals surface area contributed by atoms with Crippen molar-refractivity contribution in [3.8, 4) is 0 Å². The van der Waals surface area contributed by atoms with Crippen molar-refractivity contribution in [3.05, 3.63) is 22.2 Å². The third-order valence-electron chi connectivity index (χ3n) is 2.72. The third-order valence-corrected chi connectivity index (χ3v) is 4.30. The van der Waals surface area contributed by atoms with E-state index in [0.29, 0.717) is 27.8 Å². The van der Waals surface area contributed by atoms with Gasteiger partial charge in [-0.15, -0.1) is 0 Å². The number of unbranched alkanes of at least 4 members (excludes halogenated alkanes) is 2. The summed E-state index contributed by atoms with van der Waals surface area (Å²) in [6.07, 6.45) is 4.12. The zero-order valence-corrected chi connectivity index (χ0v) is 13.9. The van der Waals surface area contributed by atoms with Crippen LogP contribution < -0.4 is 11.1 Å². The molecule has 0 spiro atoms. The van der Waals surface area contributed by atoms with E-state index in [0.717, 1.165) is 11.5 Å². The van der Waals surface area contributed by atoms with Gasteiger partial charge >= 0.3 is 0 Å². The lowest BCUT2D eigenvalue weighted by molar-refractivity contribution is -0.115. The first-order valence-corrected chi connectivity index (χ1v) is 8.57. The molecule has 0 radical (unpaired) electrons. The maximum absolute atomic E-state index is 11.8. The van der Waals surface area contributed by atoms with Crippen LogP contribution in [-0.2, 0) is 4.79 Å². The summed E-state index contributed by atoms with van der Waals surface area (Å²) in [5.41, 5.74) is 6.61. The monoisotopic (exact) mass is 334 g/mol. The molecule has 1 rings (SSSR count). The Morgan fingerprint density at radius 2 is 2.05 bits per heavy atom. The summed E-state index contributed by atoms with van der Waals surface area (Å²) in [6.45, 7) is 2.18. The first-order valence-electron chi connectivity index (χ1n) is 6.66. The molecule has 0 fully saturated rings. The fourth-order valence-electron chi connectivity index (χ4n) is 1.65. The molecule has 3 nitrogen and oxygen atoms in total. The van der Waals surface area contributed by atoms with Crippen molar-refractivity contribution < 1.29 is 4.79 Å². The first-order chi connectivity index (χ1) is 9.54. The van der Waals surface area contributed by atoms with Gasteiger partial charge < -0.3 is 11.1 Å². The zero-order chi connectivity index (χ0) is 15.0. The second-order valence-corrected chi connectivity index (χ2v) is 6.54. The van der Waals surface area contributed by atoms with Crippen LogP contribution in [0.5, 0.6) is 0 Å². The summed E-state index contributed by atoms with van der Waals surface area (Å²) in [5.74, 6) is 1.83. The predicted molar refractivity (Wildman–Crippen MR) is 91.0 cm³/mol. The topological polar surface area (TPSA) is 55.1 Å². The Morgan fingerprint density at radius 1 is 1.30 bits per heavy atom. The first kappa shape index (κ1) is 17.5. The minimum atomic E-state index is -0.0797. The maximum Gasteiger partial charge on any atom is 0.225 e. The molecule has 1 aromatic carbocycles. The van der Waals surface area contributed by atoms with E-state index in [1.165, 1.54) is 19.3 Å². The maximum atomic E-state index is 11.8. The van der Waals surface area contributed by atoms with Gasteiger partial charge in [-0.2, -0.15) is 11.8 Å². The lowest BCUT2D eigenvalue weighted by Crippen LogP contribution is -2.14. The Hall–Kier alpha value is -0.580. The number of hydrogen-bond acceptors (Lipinski definition) is 3. The van der Waals surface area contributed by atoms with E-state index < -0.39 is 0 Å². The molecule has 0 atom stereocenters. The second-order valence-electron chi connectivity index (χ2n) is 4.47. The molecule has 20 heavy (non-hydrogen) atoms. The van der Waals surface area contributed by atoms with Gasteiger partial charge in [0.2, 0.25) is 5.91 Å². The highest BCUT2D eigenvalue weighted by Gasteiger charge is 2.10. The van der Waals surface area contributed by atoms with E-state index in [4.69, 9.17) is 28.9 Å². The highest BCUT2D eigenvalue weighted by Crippen LogP contribution is 2.32. The number of carbonyl (C=O) groups excluding carboxylic acids is 1. The Labute approximate surface area is 134 Å². The van der Waals surface area contributed by atoms with Crippen LogP contribution in [0.4, 0.5) is 11.4 Å². The van der Waals surface area contributed by atoms with Gasteiger partial charge in [0.1, 0.15) is 0 Å². The summed E-state index contributed by atoms with van der Waals surface area (Å²) in [7, 11) is 0. The van der Waals surface area contributed by atoms with Crippen molar-refractivity contribution >= 4 is 52.2 Å². The molecular formula is C14H20Cl2N2OS. The van der Waals surface area contributed by atoms with E-state index in [1.807, 2.05) is 0 Å². The zero-order valence-electron chi connectivity index (χ0n) is 11.5. The van der Waals surface area contributed by atoms with Crippen molar-refractivity contribution in [1.29, 1.82) is 0 Å². The molecule has 1 amide bonds. The van der Waals surface area contributed by atoms with Crippen LogP contribution in [0.1, 0.15) is 32.6 Å². The smallest absolute Gasteiger partial charge is 0.225 e. The van der Waals surface area contributed by atoms with Crippen LogP contribution in [0.3, 0.4) is 0 Å². The van der Waals surface area contributed by atoms with Crippen LogP contribution >= 0.6 is 35.0 Å². The number of carbonyl (C=O) groups is 1. The number of anilines is 2. The normalized spacial score (nSPS) is 10.6. The van der Waals surface area contributed by atoms with Gasteiger partial charge in [-0.05, 0) is 24.3 Å². The summed E-state index contributed by atoms with van der Waals surface area (Å²) >= 11 is 13.6. The summed E-state index contributed by atoms with van der Waals surface area (Å²) in [6, 6.07) is 3.14. The Kier molecular flexibility index (Phi) is 8.19. The molecule has 112 valence electrons. The molecule has 6 heteroatoms. The van der Waals surface area contributed by atoms with Gasteiger partial charge in [0.05, 0.1) is 16.4 Å². The molecule has 0 unspecified atom stereocenters. The lowest BCUT2D eigenvalue weighted by Gasteiger charge is -2.10. The Bertz CT molecular complexity index is 432. The van der Waals surface area contributed by atoms with Gasteiger partial charge in [-0.1, -0.05) is 43.0 Å². The number of halogens is 2. The SMILES string of the molecule is CCCCCSCCC(=O)Nc1c(N)cc(Cl)cc1Cl. The average molecular weight is 335 g/mol. The molecule has 0 bridgehead atoms. The molecular weight excluding hydrogens is 315 g/mol. The van der Waals surface area contributed by atoms with Gasteiger partial charge in [0, 0.05) is 17.2 Å². The molecule has 0 aliphatic carbocycles. The van der Waals surface area contributed by atoms with Crippen molar-refractivity contribution in [2.45, 2.75) is 32.6 Å². The van der Waals surface area contributed by atoms with E-state index >= 15 is 0 Å². The lowest BCUT2D eigenvalue weighted by atomic mass is 10.2. The highest BCUT2D eigenvalue weighted by atomic mass is 35.5. The second kappa shape index (κ2) is 9.37. The number of rotatable bonds is 8. The number of hydrogen-bond donors (Lipinski definition) is 2. The summed E-state index contributed by atoms with van der Waals surface area (Å²) < 4.78 is 0. The van der Waals surface area contributed by atoms with E-state index in [1.54, 1.807) is 23.9 Å². The minimum absolute atomic E-state index is 0.0797. The number of nitrogens with one attached hydrogen (secondary N) is 1. The van der Waals surface area contributed by atoms with E-state index in [-0.39, 0.29) is 5.91 Å². The van der Waals surface area contributed by atoms with Gasteiger partial charge in [-0.25, -0.2) is 0 Å². The molecule has 1 aromatic rings. The van der Waals surface area contributed by atoms with Crippen molar-refractivity contribution in [2.75, 3.05) is 22.6 Å². The molecule has 0 aliphatic heterocycles. The van der Waals surface area contributed by atoms with Crippen LogP contribution in [0.25, 0.3) is 0 Å². The predicted octanol–water partition coefficient (Wildman–Crippen LogP) is 4.83. The number of nitrogen functional groups attached to an aromatic ring is 1. The van der Waals surface area contributed by atoms with Crippen molar-refractivity contribution in [3.63, 3.8) is 0 Å². The van der Waals surface area contributed by atoms with Crippen molar-refractivity contribution in [1.82, 2.24) is 0 Å². The summed E-state index contributed by atoms with van der Waals surface area (Å²) in [5, 5.41) is 3.56. The van der Waals surface area contributed by atoms with Crippen LogP contribution in [-0.4, -0.2) is 17.4 Å². The summed E-state index contributed by atoms with van der Waals surface area (Å²) in [4.78, 5) is 11.8. The quantitative estimate of drug-likeness (QED) is 0.528.